The van der Waals surface area contributed by atoms with Crippen LogP contribution in [0.3, 0.4) is 0 Å². The Hall–Kier alpha value is -5.68. The Labute approximate surface area is 276 Å². The van der Waals surface area contributed by atoms with Gasteiger partial charge in [0.15, 0.2) is 0 Å². The van der Waals surface area contributed by atoms with E-state index in [1.807, 2.05) is 0 Å². The molecule has 1 heterocycles. The predicted molar refractivity (Wildman–Crippen MR) is 170 cm³/mol. The Morgan fingerprint density at radius 2 is 0.875 bits per heavy atom. The largest absolute Gasteiger partial charge is 0.497 e. The monoisotopic (exact) mass is 652 g/mol. The van der Waals surface area contributed by atoms with Crippen LogP contribution in [0.15, 0.2) is 97.1 Å². The third-order valence-electron chi connectivity index (χ3n) is 8.27. The van der Waals surface area contributed by atoms with Crippen LogP contribution in [0.1, 0.15) is 54.3 Å². The number of rotatable bonds is 10. The summed E-state index contributed by atoms with van der Waals surface area (Å²) >= 11 is 0. The molecule has 0 amide bonds. The molecule has 0 unspecified atom stereocenters. The Balaban J connectivity index is 0.977. The number of hydrogen-bond acceptors (Lipinski definition) is 11. The van der Waals surface area contributed by atoms with Crippen LogP contribution in [0.2, 0.25) is 0 Å². The highest BCUT2D eigenvalue weighted by Crippen LogP contribution is 2.40. The molecule has 11 nitrogen and oxygen atoms in total. The second-order valence-electron chi connectivity index (χ2n) is 11.2. The Morgan fingerprint density at radius 3 is 1.29 bits per heavy atom. The molecule has 48 heavy (non-hydrogen) atoms. The molecule has 1 saturated carbocycles. The summed E-state index contributed by atoms with van der Waals surface area (Å²) in [6, 6.07) is 25.2. The molecular weight excluding hydrogens is 620 g/mol. The van der Waals surface area contributed by atoms with Crippen molar-refractivity contribution >= 4 is 23.9 Å². The smallest absolute Gasteiger partial charge is 0.343 e. The lowest BCUT2D eigenvalue weighted by atomic mass is 10.0. The van der Waals surface area contributed by atoms with Gasteiger partial charge in [-0.3, -0.25) is 0 Å². The molecule has 11 heteroatoms. The molecule has 1 aliphatic carbocycles. The number of benzene rings is 4. The fraction of sp³-hybridized carbons (Fsp3) is 0.243. The summed E-state index contributed by atoms with van der Waals surface area (Å²) in [6.45, 7) is 0.181. The Bertz CT molecular complexity index is 1630. The van der Waals surface area contributed by atoms with Gasteiger partial charge in [0.25, 0.3) is 0 Å². The van der Waals surface area contributed by atoms with Crippen molar-refractivity contribution in [1.29, 1.82) is 0 Å². The quantitative estimate of drug-likeness (QED) is 0.154. The number of esters is 4. The van der Waals surface area contributed by atoms with Crippen LogP contribution in [0.4, 0.5) is 0 Å². The number of hydrogen-bond donors (Lipinski definition) is 0. The molecule has 4 aromatic carbocycles. The lowest BCUT2D eigenvalue weighted by Gasteiger charge is -2.19. The van der Waals surface area contributed by atoms with Crippen LogP contribution in [0, 0.1) is 5.92 Å². The summed E-state index contributed by atoms with van der Waals surface area (Å²) < 4.78 is 38.5. The van der Waals surface area contributed by atoms with Gasteiger partial charge >= 0.3 is 23.9 Å². The molecule has 0 spiro atoms. The van der Waals surface area contributed by atoms with Crippen LogP contribution < -0.4 is 18.9 Å². The first-order valence-electron chi connectivity index (χ1n) is 15.3. The van der Waals surface area contributed by atoms with Gasteiger partial charge in [-0.25, -0.2) is 19.2 Å². The minimum Gasteiger partial charge on any atom is -0.497 e. The highest BCUT2D eigenvalue weighted by molar-refractivity contribution is 5.93. The lowest BCUT2D eigenvalue weighted by Crippen LogP contribution is -2.31. The van der Waals surface area contributed by atoms with E-state index < -0.39 is 42.2 Å². The number of fused-ring (bicyclic) bond motifs is 1. The number of carbonyl (C=O) groups is 4. The SMILES string of the molecule is COc1ccc(C(=O)Oc2ccc(C(=O)O[C@H]3CO[C@H]4[C@@H]3CC[C@H]4OC(=O)c3ccc(OC(=O)c4ccc(OC)cc4)cc3)cc2)cc1. The van der Waals surface area contributed by atoms with E-state index in [-0.39, 0.29) is 24.0 Å². The van der Waals surface area contributed by atoms with Crippen molar-refractivity contribution < 1.29 is 52.3 Å². The van der Waals surface area contributed by atoms with Gasteiger partial charge in [0.2, 0.25) is 0 Å². The van der Waals surface area contributed by atoms with E-state index in [0.717, 1.165) is 0 Å². The average Bonchev–Trinajstić information content (AvgIpc) is 3.71. The summed E-state index contributed by atoms with van der Waals surface area (Å²) in [5, 5.41) is 0. The first-order chi connectivity index (χ1) is 23.3. The molecular formula is C37H32O11. The highest BCUT2D eigenvalue weighted by Gasteiger charge is 2.49. The zero-order valence-electron chi connectivity index (χ0n) is 26.2. The molecule has 0 N–H and O–H groups in total. The molecule has 246 valence electrons. The van der Waals surface area contributed by atoms with E-state index in [9.17, 15) is 19.2 Å². The number of carbonyl (C=O) groups excluding carboxylic acids is 4. The molecule has 0 bridgehead atoms. The minimum atomic E-state index is -0.540. The fourth-order valence-electron chi connectivity index (χ4n) is 5.68. The third kappa shape index (κ3) is 7.31. The van der Waals surface area contributed by atoms with Crippen LogP contribution in [-0.2, 0) is 14.2 Å². The first-order valence-corrected chi connectivity index (χ1v) is 15.3. The standard InChI is InChI=1S/C37H32O11/c1-42-26-11-3-22(4-12-26)34(38)45-28-15-7-24(8-16-28)36(40)47-31-20-19-30-32(21-44-33(30)31)48-37(41)25-9-17-29(18-10-25)46-35(39)23-5-13-27(43-2)14-6-23/h3-18,30-33H,19-21H2,1-2H3/t30-,31-,32+,33+/m1/s1. The summed E-state index contributed by atoms with van der Waals surface area (Å²) in [4.78, 5) is 50.7. The lowest BCUT2D eigenvalue weighted by molar-refractivity contribution is -0.0234. The molecule has 0 aromatic heterocycles. The summed E-state index contributed by atoms with van der Waals surface area (Å²) in [5.41, 5.74) is 1.30. The van der Waals surface area contributed by atoms with Crippen LogP contribution in [0.25, 0.3) is 0 Å². The van der Waals surface area contributed by atoms with Crippen molar-refractivity contribution in [2.45, 2.75) is 31.2 Å². The third-order valence-corrected chi connectivity index (χ3v) is 8.27. The Kier molecular flexibility index (Phi) is 9.67. The van der Waals surface area contributed by atoms with E-state index in [0.29, 0.717) is 46.6 Å². The molecule has 2 fully saturated rings. The first kappa shape index (κ1) is 32.3. The number of methoxy groups -OCH3 is 2. The molecule has 1 saturated heterocycles. The van der Waals surface area contributed by atoms with Crippen molar-refractivity contribution in [2.24, 2.45) is 5.92 Å². The second-order valence-corrected chi connectivity index (χ2v) is 11.2. The molecule has 4 atom stereocenters. The fourth-order valence-corrected chi connectivity index (χ4v) is 5.68. The van der Waals surface area contributed by atoms with Gasteiger partial charge in [-0.2, -0.15) is 0 Å². The van der Waals surface area contributed by atoms with Crippen molar-refractivity contribution in [1.82, 2.24) is 0 Å². The molecule has 6 rings (SSSR count). The van der Waals surface area contributed by atoms with Gasteiger partial charge in [-0.05, 0) is 110 Å². The van der Waals surface area contributed by atoms with Crippen molar-refractivity contribution in [3.05, 3.63) is 119 Å². The minimum absolute atomic E-state index is 0.129. The Morgan fingerprint density at radius 1 is 0.500 bits per heavy atom. The summed E-state index contributed by atoms with van der Waals surface area (Å²) in [7, 11) is 3.08. The molecule has 0 radical (unpaired) electrons. The zero-order valence-corrected chi connectivity index (χ0v) is 26.2. The second kappa shape index (κ2) is 14.4. The normalized spacial score (nSPS) is 19.5. The van der Waals surface area contributed by atoms with Crippen molar-refractivity contribution in [2.75, 3.05) is 20.8 Å². The maximum atomic E-state index is 12.9. The maximum Gasteiger partial charge on any atom is 0.343 e. The van der Waals surface area contributed by atoms with Gasteiger partial charge < -0.3 is 33.2 Å². The van der Waals surface area contributed by atoms with Crippen LogP contribution in [0.5, 0.6) is 23.0 Å². The topological polar surface area (TPSA) is 133 Å². The van der Waals surface area contributed by atoms with E-state index in [1.54, 1.807) is 48.5 Å². The molecule has 1 aliphatic heterocycles. The zero-order chi connectivity index (χ0) is 33.6. The van der Waals surface area contributed by atoms with E-state index in [1.165, 1.54) is 62.8 Å². The summed E-state index contributed by atoms with van der Waals surface area (Å²) in [5.74, 6) is -0.478. The highest BCUT2D eigenvalue weighted by atomic mass is 16.6. The van der Waals surface area contributed by atoms with Gasteiger partial charge in [-0.15, -0.1) is 0 Å². The van der Waals surface area contributed by atoms with Gasteiger partial charge in [0, 0.05) is 5.92 Å². The van der Waals surface area contributed by atoms with Gasteiger partial charge in [-0.1, -0.05) is 0 Å². The summed E-state index contributed by atoms with van der Waals surface area (Å²) in [6.07, 6.45) is -0.199. The van der Waals surface area contributed by atoms with Crippen LogP contribution >= 0.6 is 0 Å². The predicted octanol–water partition coefficient (Wildman–Crippen LogP) is 5.70. The van der Waals surface area contributed by atoms with E-state index >= 15 is 0 Å². The number of ether oxygens (including phenoxy) is 7. The van der Waals surface area contributed by atoms with Crippen molar-refractivity contribution in [3.8, 4) is 23.0 Å². The van der Waals surface area contributed by atoms with Crippen molar-refractivity contribution in [3.63, 3.8) is 0 Å². The van der Waals surface area contributed by atoms with E-state index in [2.05, 4.69) is 0 Å². The average molecular weight is 653 g/mol. The maximum absolute atomic E-state index is 12.9. The van der Waals surface area contributed by atoms with Crippen LogP contribution in [-0.4, -0.2) is 63.0 Å². The molecule has 2 aliphatic rings. The van der Waals surface area contributed by atoms with Gasteiger partial charge in [0.1, 0.15) is 41.3 Å². The van der Waals surface area contributed by atoms with Gasteiger partial charge in [0.05, 0.1) is 43.1 Å². The molecule has 4 aromatic rings. The van der Waals surface area contributed by atoms with E-state index in [4.69, 9.17) is 33.2 Å².